The van der Waals surface area contributed by atoms with E-state index in [2.05, 4.69) is 0 Å². The number of aliphatic hydroxyl groups is 1. The standard InChI is InChI=1S/C22H27F3O3S/c1-11-6-13-14-8-16(24)15-7-12(26)4-5-21(15,3)22(14,25)17(27)9-20(13,2)18(11)19(28)29-10-23/h4-5,7,11,13-14,16-18,27H,6,8-10H2,1-3H3/t11-,13?,14?,16+,17+,18-,20+,21+,22+/m1/s1. The Bertz CT molecular complexity index is 813. The highest BCUT2D eigenvalue weighted by atomic mass is 32.2. The minimum absolute atomic E-state index is 0.0554. The van der Waals surface area contributed by atoms with Crippen LogP contribution >= 0.6 is 11.8 Å². The average Bonchev–Trinajstić information content (AvgIpc) is 2.90. The van der Waals surface area contributed by atoms with Gasteiger partial charge in [-0.3, -0.25) is 9.59 Å². The van der Waals surface area contributed by atoms with Gasteiger partial charge in [0.15, 0.2) is 16.6 Å². The van der Waals surface area contributed by atoms with Gasteiger partial charge in [-0.05, 0) is 61.2 Å². The Labute approximate surface area is 173 Å². The van der Waals surface area contributed by atoms with Crippen LogP contribution in [0.2, 0.25) is 0 Å². The monoisotopic (exact) mass is 428 g/mol. The number of alkyl halides is 3. The van der Waals surface area contributed by atoms with Crippen LogP contribution in [0.15, 0.2) is 23.8 Å². The summed E-state index contributed by atoms with van der Waals surface area (Å²) in [7, 11) is 0. The molecule has 4 aliphatic rings. The SMILES string of the molecule is C[C@@H]1CC2C3C[C@H](F)C4=CC(=O)C=C[C@]4(C)[C@@]3(F)[C@@H](O)C[C@]2(C)[C@H]1C(=O)SCF. The summed E-state index contributed by atoms with van der Waals surface area (Å²) in [5.41, 5.74) is -4.17. The molecule has 0 spiro atoms. The number of hydrogen-bond donors (Lipinski definition) is 1. The average molecular weight is 429 g/mol. The lowest BCUT2D eigenvalue weighted by molar-refractivity contribution is -0.201. The first-order valence-electron chi connectivity index (χ1n) is 10.2. The second-order valence-corrected chi connectivity index (χ2v) is 10.6. The van der Waals surface area contributed by atoms with Gasteiger partial charge < -0.3 is 5.11 Å². The molecule has 0 aromatic rings. The summed E-state index contributed by atoms with van der Waals surface area (Å²) >= 11 is 0.622. The van der Waals surface area contributed by atoms with Crippen LogP contribution in [0.5, 0.6) is 0 Å². The van der Waals surface area contributed by atoms with Crippen LogP contribution in [0.4, 0.5) is 13.2 Å². The van der Waals surface area contributed by atoms with Crippen LogP contribution in [0, 0.1) is 34.5 Å². The topological polar surface area (TPSA) is 54.4 Å². The molecule has 7 heteroatoms. The van der Waals surface area contributed by atoms with Crippen LogP contribution in [0.1, 0.15) is 40.0 Å². The molecule has 0 aromatic heterocycles. The molecule has 0 aromatic carbocycles. The van der Waals surface area contributed by atoms with E-state index < -0.39 is 46.6 Å². The highest BCUT2D eigenvalue weighted by Crippen LogP contribution is 2.70. The molecule has 3 fully saturated rings. The van der Waals surface area contributed by atoms with Gasteiger partial charge in [0.05, 0.1) is 6.10 Å². The maximum atomic E-state index is 16.9. The fraction of sp³-hybridized carbons (Fsp3) is 0.727. The number of fused-ring (bicyclic) bond motifs is 5. The minimum atomic E-state index is -2.13. The van der Waals surface area contributed by atoms with Gasteiger partial charge in [-0.15, -0.1) is 0 Å². The van der Waals surface area contributed by atoms with Gasteiger partial charge in [0, 0.05) is 17.3 Å². The highest BCUT2D eigenvalue weighted by Gasteiger charge is 2.73. The Morgan fingerprint density at radius 1 is 1.31 bits per heavy atom. The molecule has 0 amide bonds. The lowest BCUT2D eigenvalue weighted by atomic mass is 9.45. The Morgan fingerprint density at radius 3 is 2.66 bits per heavy atom. The highest BCUT2D eigenvalue weighted by molar-refractivity contribution is 8.13. The molecule has 4 rings (SSSR count). The number of allylic oxidation sites excluding steroid dienone is 4. The van der Waals surface area contributed by atoms with Crippen molar-refractivity contribution in [2.45, 2.75) is 58.0 Å². The number of carbonyl (C=O) groups is 2. The molecular weight excluding hydrogens is 401 g/mol. The Hall–Kier alpha value is -1.08. The molecule has 0 bridgehead atoms. The van der Waals surface area contributed by atoms with Crippen molar-refractivity contribution in [2.75, 3.05) is 6.01 Å². The van der Waals surface area contributed by atoms with Crippen molar-refractivity contribution in [1.82, 2.24) is 0 Å². The van der Waals surface area contributed by atoms with Crippen molar-refractivity contribution >= 4 is 22.7 Å². The van der Waals surface area contributed by atoms with Crippen molar-refractivity contribution in [2.24, 2.45) is 34.5 Å². The predicted octanol–water partition coefficient (Wildman–Crippen LogP) is 4.35. The van der Waals surface area contributed by atoms with E-state index in [0.717, 1.165) is 0 Å². The van der Waals surface area contributed by atoms with Gasteiger partial charge in [0.2, 0.25) is 0 Å². The first kappa shape index (κ1) is 21.2. The maximum absolute atomic E-state index is 16.9. The largest absolute Gasteiger partial charge is 0.390 e. The molecule has 29 heavy (non-hydrogen) atoms. The van der Waals surface area contributed by atoms with E-state index in [1.807, 2.05) is 13.8 Å². The summed E-state index contributed by atoms with van der Waals surface area (Å²) in [5.74, 6) is -2.07. The fourth-order valence-electron chi connectivity index (χ4n) is 7.22. The summed E-state index contributed by atoms with van der Waals surface area (Å²) < 4.78 is 45.0. The molecule has 160 valence electrons. The van der Waals surface area contributed by atoms with Gasteiger partial charge in [-0.25, -0.2) is 13.2 Å². The summed E-state index contributed by atoms with van der Waals surface area (Å²) in [4.78, 5) is 24.5. The van der Waals surface area contributed by atoms with E-state index in [1.54, 1.807) is 6.92 Å². The van der Waals surface area contributed by atoms with Crippen molar-refractivity contribution in [3.63, 3.8) is 0 Å². The molecule has 3 saturated carbocycles. The quantitative estimate of drug-likeness (QED) is 0.710. The first-order chi connectivity index (χ1) is 13.5. The van der Waals surface area contributed by atoms with Crippen LogP contribution in [-0.2, 0) is 9.59 Å². The summed E-state index contributed by atoms with van der Waals surface area (Å²) in [6.45, 7) is 5.33. The van der Waals surface area contributed by atoms with E-state index in [4.69, 9.17) is 0 Å². The summed E-state index contributed by atoms with van der Waals surface area (Å²) in [6.07, 6.45) is 1.40. The number of carbonyl (C=O) groups excluding carboxylic acids is 2. The third kappa shape index (κ3) is 2.62. The summed E-state index contributed by atoms with van der Waals surface area (Å²) in [5, 5.41) is 10.8. The Kier molecular flexibility index (Phi) is 4.90. The molecule has 0 aliphatic heterocycles. The van der Waals surface area contributed by atoms with Crippen molar-refractivity contribution in [3.8, 4) is 0 Å². The molecule has 0 saturated heterocycles. The zero-order valence-corrected chi connectivity index (χ0v) is 17.6. The molecule has 2 unspecified atom stereocenters. The van der Waals surface area contributed by atoms with E-state index in [1.165, 1.54) is 18.2 Å². The lowest BCUT2D eigenvalue weighted by Gasteiger charge is -2.62. The van der Waals surface area contributed by atoms with Crippen molar-refractivity contribution in [1.29, 1.82) is 0 Å². The molecule has 1 N–H and O–H groups in total. The molecule has 3 nitrogen and oxygen atoms in total. The van der Waals surface area contributed by atoms with Gasteiger partial charge >= 0.3 is 0 Å². The normalized spacial score (nSPS) is 51.1. The number of hydrogen-bond acceptors (Lipinski definition) is 4. The van der Waals surface area contributed by atoms with E-state index in [0.29, 0.717) is 18.2 Å². The number of thioether (sulfide) groups is 1. The predicted molar refractivity (Wildman–Crippen MR) is 105 cm³/mol. The smallest absolute Gasteiger partial charge is 0.195 e. The molecule has 0 heterocycles. The molecular formula is C22H27F3O3S. The van der Waals surface area contributed by atoms with Gasteiger partial charge in [0.25, 0.3) is 0 Å². The van der Waals surface area contributed by atoms with Crippen LogP contribution in [0.3, 0.4) is 0 Å². The van der Waals surface area contributed by atoms with E-state index >= 15 is 8.78 Å². The lowest BCUT2D eigenvalue weighted by Crippen LogP contribution is -2.68. The number of rotatable bonds is 2. The molecule has 9 atom stereocenters. The van der Waals surface area contributed by atoms with Gasteiger partial charge in [0.1, 0.15) is 12.2 Å². The molecule has 0 radical (unpaired) electrons. The Balaban J connectivity index is 1.80. The molecule has 4 aliphatic carbocycles. The number of halogens is 3. The van der Waals surface area contributed by atoms with Gasteiger partial charge in [-0.1, -0.05) is 31.7 Å². The van der Waals surface area contributed by atoms with E-state index in [-0.39, 0.29) is 41.1 Å². The van der Waals surface area contributed by atoms with Crippen molar-refractivity contribution < 1.29 is 27.9 Å². The number of aliphatic hydroxyl groups excluding tert-OH is 1. The zero-order chi connectivity index (χ0) is 21.4. The first-order valence-corrected chi connectivity index (χ1v) is 11.2. The third-order valence-corrected chi connectivity index (χ3v) is 9.07. The Morgan fingerprint density at radius 2 is 2.00 bits per heavy atom. The second kappa shape index (κ2) is 6.71. The zero-order valence-electron chi connectivity index (χ0n) is 16.8. The number of ketones is 1. The fourth-order valence-corrected chi connectivity index (χ4v) is 8.01. The van der Waals surface area contributed by atoms with Crippen LogP contribution < -0.4 is 0 Å². The maximum Gasteiger partial charge on any atom is 0.195 e. The van der Waals surface area contributed by atoms with E-state index in [9.17, 15) is 19.1 Å². The van der Waals surface area contributed by atoms with Crippen LogP contribution in [-0.4, -0.2) is 40.0 Å². The third-order valence-electron chi connectivity index (χ3n) is 8.42. The summed E-state index contributed by atoms with van der Waals surface area (Å²) in [6, 6.07) is -0.820. The van der Waals surface area contributed by atoms with Crippen molar-refractivity contribution in [3.05, 3.63) is 23.8 Å². The minimum Gasteiger partial charge on any atom is -0.390 e. The second-order valence-electron chi connectivity index (χ2n) is 9.71. The van der Waals surface area contributed by atoms with Crippen LogP contribution in [0.25, 0.3) is 0 Å². The van der Waals surface area contributed by atoms with Gasteiger partial charge in [-0.2, -0.15) is 0 Å².